The zero-order valence-electron chi connectivity index (χ0n) is 9.63. The van der Waals surface area contributed by atoms with Crippen LogP contribution >= 0.6 is 0 Å². The van der Waals surface area contributed by atoms with Crippen molar-refractivity contribution >= 4 is 11.7 Å². The first kappa shape index (κ1) is 13.4. The van der Waals surface area contributed by atoms with Crippen LogP contribution in [0.25, 0.3) is 0 Å². The molecule has 1 aromatic rings. The summed E-state index contributed by atoms with van der Waals surface area (Å²) in [4.78, 5) is 15.4. The van der Waals surface area contributed by atoms with Crippen molar-refractivity contribution in [2.45, 2.75) is 20.8 Å². The Morgan fingerprint density at radius 1 is 1.33 bits per heavy atom. The predicted molar refractivity (Wildman–Crippen MR) is 61.7 cm³/mol. The van der Waals surface area contributed by atoms with E-state index in [0.717, 1.165) is 11.3 Å². The average molecular weight is 210 g/mol. The monoisotopic (exact) mass is 210 g/mol. The molecule has 2 amide bonds. The number of carbonyl (C=O) groups is 1. The van der Waals surface area contributed by atoms with Gasteiger partial charge in [0.25, 0.3) is 0 Å². The van der Waals surface area contributed by atoms with Gasteiger partial charge in [0.15, 0.2) is 0 Å². The maximum absolute atomic E-state index is 11.0. The number of hydrogen-bond donors (Lipinski definition) is 2. The minimum absolute atomic E-state index is 0.381. The Kier molecular flexibility index (Phi) is 7.01. The van der Waals surface area contributed by atoms with Gasteiger partial charge in [-0.15, -0.1) is 0 Å². The second-order valence-electron chi connectivity index (χ2n) is 2.63. The Balaban J connectivity index is 0.000000921. The van der Waals surface area contributed by atoms with Crippen LogP contribution in [0.1, 0.15) is 19.4 Å². The van der Waals surface area contributed by atoms with Crippen molar-refractivity contribution in [3.8, 4) is 0 Å². The molecular formula is C11H18N2O2. The Morgan fingerprint density at radius 3 is 2.53 bits per heavy atom. The van der Waals surface area contributed by atoms with Gasteiger partial charge in [-0.2, -0.15) is 0 Å². The van der Waals surface area contributed by atoms with Gasteiger partial charge in [-0.3, -0.25) is 4.84 Å². The molecule has 4 nitrogen and oxygen atoms in total. The number of benzene rings is 1. The lowest BCUT2D eigenvalue weighted by molar-refractivity contribution is 0.114. The van der Waals surface area contributed by atoms with E-state index in [0.29, 0.717) is 0 Å². The summed E-state index contributed by atoms with van der Waals surface area (Å²) in [5.41, 5.74) is 4.00. The Hall–Kier alpha value is -1.55. The molecule has 4 heteroatoms. The Bertz CT molecular complexity index is 300. The lowest BCUT2D eigenvalue weighted by atomic mass is 10.2. The van der Waals surface area contributed by atoms with Crippen molar-refractivity contribution in [2.24, 2.45) is 0 Å². The molecule has 0 aromatic heterocycles. The topological polar surface area (TPSA) is 50.4 Å². The van der Waals surface area contributed by atoms with Crippen molar-refractivity contribution < 1.29 is 9.63 Å². The molecule has 0 atom stereocenters. The van der Waals surface area contributed by atoms with Gasteiger partial charge < -0.3 is 5.32 Å². The van der Waals surface area contributed by atoms with Crippen LogP contribution in [0.5, 0.6) is 0 Å². The zero-order chi connectivity index (χ0) is 11.7. The van der Waals surface area contributed by atoms with E-state index in [-0.39, 0.29) is 6.03 Å². The standard InChI is InChI=1S/C9H12N2O2.C2H6/c1-7-4-3-5-8(6-7)10-9(12)11-13-2;1-2/h3-6H,1-2H3,(H2,10,11,12);1-2H3. The summed E-state index contributed by atoms with van der Waals surface area (Å²) < 4.78 is 0. The Labute approximate surface area is 90.6 Å². The van der Waals surface area contributed by atoms with Crippen LogP contribution in [0.3, 0.4) is 0 Å². The summed E-state index contributed by atoms with van der Waals surface area (Å²) in [5.74, 6) is 0. The third-order valence-corrected chi connectivity index (χ3v) is 1.47. The molecule has 84 valence electrons. The second kappa shape index (κ2) is 7.82. The molecule has 1 rings (SSSR count). The number of hydroxylamine groups is 1. The van der Waals surface area contributed by atoms with Crippen LogP contribution in [0.4, 0.5) is 10.5 Å². The van der Waals surface area contributed by atoms with E-state index in [1.165, 1.54) is 7.11 Å². The van der Waals surface area contributed by atoms with Gasteiger partial charge in [0.2, 0.25) is 0 Å². The number of amides is 2. The lowest BCUT2D eigenvalue weighted by Crippen LogP contribution is -2.27. The van der Waals surface area contributed by atoms with E-state index in [2.05, 4.69) is 15.6 Å². The highest BCUT2D eigenvalue weighted by atomic mass is 16.6. The molecule has 0 saturated carbocycles. The summed E-state index contributed by atoms with van der Waals surface area (Å²) in [6.45, 7) is 5.96. The van der Waals surface area contributed by atoms with E-state index in [1.807, 2.05) is 45.0 Å². The molecule has 0 radical (unpaired) electrons. The highest BCUT2D eigenvalue weighted by Crippen LogP contribution is 2.08. The summed E-state index contributed by atoms with van der Waals surface area (Å²) in [7, 11) is 1.38. The maximum atomic E-state index is 11.0. The summed E-state index contributed by atoms with van der Waals surface area (Å²) >= 11 is 0. The number of nitrogens with one attached hydrogen (secondary N) is 2. The molecule has 2 N–H and O–H groups in total. The van der Waals surface area contributed by atoms with Gasteiger partial charge in [-0.1, -0.05) is 26.0 Å². The summed E-state index contributed by atoms with van der Waals surface area (Å²) in [6.07, 6.45) is 0. The SMILES string of the molecule is CC.CONC(=O)Nc1cccc(C)c1. The van der Waals surface area contributed by atoms with Crippen LogP contribution in [0, 0.1) is 6.92 Å². The van der Waals surface area contributed by atoms with Gasteiger partial charge in [0.05, 0.1) is 7.11 Å². The van der Waals surface area contributed by atoms with E-state index in [9.17, 15) is 4.79 Å². The highest BCUT2D eigenvalue weighted by molar-refractivity contribution is 5.88. The van der Waals surface area contributed by atoms with E-state index in [1.54, 1.807) is 0 Å². The fourth-order valence-electron chi connectivity index (χ4n) is 0.972. The van der Waals surface area contributed by atoms with Crippen molar-refractivity contribution in [3.63, 3.8) is 0 Å². The highest BCUT2D eigenvalue weighted by Gasteiger charge is 1.98. The van der Waals surface area contributed by atoms with E-state index in [4.69, 9.17) is 0 Å². The lowest BCUT2D eigenvalue weighted by Gasteiger charge is -2.05. The summed E-state index contributed by atoms with van der Waals surface area (Å²) in [6, 6.07) is 7.13. The molecule has 0 heterocycles. The minimum atomic E-state index is -0.381. The van der Waals surface area contributed by atoms with Crippen molar-refractivity contribution in [1.82, 2.24) is 5.48 Å². The van der Waals surface area contributed by atoms with Gasteiger partial charge >= 0.3 is 6.03 Å². The normalized spacial score (nSPS) is 8.53. The van der Waals surface area contributed by atoms with Crippen molar-refractivity contribution in [1.29, 1.82) is 0 Å². The van der Waals surface area contributed by atoms with E-state index >= 15 is 0 Å². The van der Waals surface area contributed by atoms with Crippen LogP contribution in [0.2, 0.25) is 0 Å². The maximum Gasteiger partial charge on any atom is 0.343 e. The minimum Gasteiger partial charge on any atom is -0.306 e. The van der Waals surface area contributed by atoms with Crippen LogP contribution in [-0.2, 0) is 4.84 Å². The first-order chi connectivity index (χ1) is 7.22. The molecule has 0 aliphatic heterocycles. The van der Waals surface area contributed by atoms with Gasteiger partial charge in [0.1, 0.15) is 0 Å². The number of anilines is 1. The quantitative estimate of drug-likeness (QED) is 0.737. The number of carbonyl (C=O) groups excluding carboxylic acids is 1. The molecule has 0 spiro atoms. The van der Waals surface area contributed by atoms with Gasteiger partial charge in [-0.25, -0.2) is 10.3 Å². The fraction of sp³-hybridized carbons (Fsp3) is 0.364. The molecule has 15 heavy (non-hydrogen) atoms. The third-order valence-electron chi connectivity index (χ3n) is 1.47. The first-order valence-corrected chi connectivity index (χ1v) is 4.89. The molecule has 0 aliphatic rings. The summed E-state index contributed by atoms with van der Waals surface area (Å²) in [5, 5.41) is 2.61. The molecule has 0 fully saturated rings. The van der Waals surface area contributed by atoms with Crippen molar-refractivity contribution in [2.75, 3.05) is 12.4 Å². The van der Waals surface area contributed by atoms with Crippen molar-refractivity contribution in [3.05, 3.63) is 29.8 Å². The molecule has 0 bridgehead atoms. The third kappa shape index (κ3) is 5.70. The second-order valence-corrected chi connectivity index (χ2v) is 2.63. The zero-order valence-corrected chi connectivity index (χ0v) is 9.63. The Morgan fingerprint density at radius 2 is 2.00 bits per heavy atom. The molecule has 1 aromatic carbocycles. The number of urea groups is 1. The molecule has 0 unspecified atom stereocenters. The van der Waals surface area contributed by atoms with E-state index < -0.39 is 0 Å². The smallest absolute Gasteiger partial charge is 0.306 e. The number of aryl methyl sites for hydroxylation is 1. The van der Waals surface area contributed by atoms with Crippen LogP contribution in [0.15, 0.2) is 24.3 Å². The van der Waals surface area contributed by atoms with Crippen LogP contribution < -0.4 is 10.8 Å². The molecular weight excluding hydrogens is 192 g/mol. The van der Waals surface area contributed by atoms with Gasteiger partial charge in [-0.05, 0) is 24.6 Å². The molecule has 0 aliphatic carbocycles. The average Bonchev–Trinajstić information content (AvgIpc) is 2.21. The largest absolute Gasteiger partial charge is 0.343 e. The number of hydrogen-bond acceptors (Lipinski definition) is 2. The van der Waals surface area contributed by atoms with Crippen LogP contribution in [-0.4, -0.2) is 13.1 Å². The predicted octanol–water partition coefficient (Wildman–Crippen LogP) is 2.70. The molecule has 0 saturated heterocycles. The van der Waals surface area contributed by atoms with Gasteiger partial charge in [0, 0.05) is 5.69 Å². The number of rotatable bonds is 2. The first-order valence-electron chi connectivity index (χ1n) is 4.89. The fourth-order valence-corrected chi connectivity index (χ4v) is 0.972.